The van der Waals surface area contributed by atoms with Crippen molar-refractivity contribution >= 4 is 50.8 Å². The molecule has 0 spiro atoms. The summed E-state index contributed by atoms with van der Waals surface area (Å²) in [6.45, 7) is 0. The van der Waals surface area contributed by atoms with E-state index in [2.05, 4.69) is 17.4 Å². The number of amides is 1. The first-order valence-corrected chi connectivity index (χ1v) is 13.1. The molecule has 0 radical (unpaired) electrons. The van der Waals surface area contributed by atoms with E-state index in [0.29, 0.717) is 32.5 Å². The molecule has 1 N–H and O–H groups in total. The second-order valence-corrected chi connectivity index (χ2v) is 10.2. The summed E-state index contributed by atoms with van der Waals surface area (Å²) in [5.74, 6) is -0.680. The van der Waals surface area contributed by atoms with Gasteiger partial charge in [-0.15, -0.1) is 11.3 Å². The highest BCUT2D eigenvalue weighted by Gasteiger charge is 2.24. The number of thiophene rings is 1. The quantitative estimate of drug-likeness (QED) is 0.220. The Labute approximate surface area is 216 Å². The zero-order valence-electron chi connectivity index (χ0n) is 19.6. The van der Waals surface area contributed by atoms with Gasteiger partial charge in [0.1, 0.15) is 21.7 Å². The van der Waals surface area contributed by atoms with Gasteiger partial charge in [-0.05, 0) is 54.2 Å². The van der Waals surface area contributed by atoms with Gasteiger partial charge in [0.05, 0.1) is 7.11 Å². The van der Waals surface area contributed by atoms with Crippen LogP contribution in [0.25, 0.3) is 22.1 Å². The smallest absolute Gasteiger partial charge is 0.349 e. The van der Waals surface area contributed by atoms with Crippen LogP contribution in [0.3, 0.4) is 0 Å². The molecule has 1 saturated carbocycles. The van der Waals surface area contributed by atoms with E-state index in [1.165, 1.54) is 62.2 Å². The van der Waals surface area contributed by atoms with Crippen LogP contribution >= 0.6 is 22.9 Å². The maximum Gasteiger partial charge on any atom is 0.349 e. The Kier molecular flexibility index (Phi) is 6.94. The number of rotatable bonds is 5. The lowest BCUT2D eigenvalue weighted by Gasteiger charge is -2.22. The molecular weight excluding hydrogens is 498 g/mol. The van der Waals surface area contributed by atoms with E-state index in [1.807, 2.05) is 12.1 Å². The molecule has 2 heterocycles. The van der Waals surface area contributed by atoms with E-state index in [9.17, 15) is 14.4 Å². The van der Waals surface area contributed by atoms with Gasteiger partial charge in [-0.3, -0.25) is 4.79 Å². The largest absolute Gasteiger partial charge is 0.465 e. The molecule has 1 amide bonds. The van der Waals surface area contributed by atoms with E-state index in [0.717, 1.165) is 5.56 Å². The van der Waals surface area contributed by atoms with Gasteiger partial charge in [0.15, 0.2) is 0 Å². The molecule has 4 aromatic rings. The zero-order valence-corrected chi connectivity index (χ0v) is 21.2. The van der Waals surface area contributed by atoms with Crippen LogP contribution in [-0.4, -0.2) is 19.0 Å². The first-order chi connectivity index (χ1) is 17.4. The third-order valence-electron chi connectivity index (χ3n) is 6.64. The summed E-state index contributed by atoms with van der Waals surface area (Å²) in [5.41, 5.74) is 2.43. The number of carbonyl (C=O) groups excluding carboxylic acids is 2. The van der Waals surface area contributed by atoms with Gasteiger partial charge in [0.25, 0.3) is 5.91 Å². The molecule has 184 valence electrons. The van der Waals surface area contributed by atoms with Gasteiger partial charge in [0.2, 0.25) is 0 Å². The molecule has 36 heavy (non-hydrogen) atoms. The van der Waals surface area contributed by atoms with Crippen LogP contribution in [0, 0.1) is 0 Å². The second-order valence-electron chi connectivity index (χ2n) is 8.89. The molecule has 8 heteroatoms. The predicted molar refractivity (Wildman–Crippen MR) is 142 cm³/mol. The first-order valence-electron chi connectivity index (χ1n) is 11.8. The lowest BCUT2D eigenvalue weighted by atomic mass is 9.83. The van der Waals surface area contributed by atoms with Crippen LogP contribution in [0.1, 0.15) is 64.3 Å². The van der Waals surface area contributed by atoms with Crippen molar-refractivity contribution in [3.63, 3.8) is 0 Å². The molecule has 1 aliphatic carbocycles. The maximum absolute atomic E-state index is 13.0. The Balaban J connectivity index is 1.46. The Bertz CT molecular complexity index is 1500. The van der Waals surface area contributed by atoms with Crippen molar-refractivity contribution in [2.75, 3.05) is 12.4 Å². The molecule has 0 aliphatic heterocycles. The summed E-state index contributed by atoms with van der Waals surface area (Å²) in [6.07, 6.45) is 6.23. The zero-order chi connectivity index (χ0) is 25.2. The summed E-state index contributed by atoms with van der Waals surface area (Å²) in [5, 5.41) is 5.77. The molecule has 0 unspecified atom stereocenters. The van der Waals surface area contributed by atoms with Crippen LogP contribution < -0.4 is 10.9 Å². The minimum atomic E-state index is -0.781. The Morgan fingerprint density at radius 3 is 2.53 bits per heavy atom. The highest BCUT2D eigenvalue weighted by Crippen LogP contribution is 2.38. The number of benzene rings is 2. The standard InChI is InChI=1S/C28H24ClNO5S/c1-34-28(33)24-22(18-9-7-17(8-10-18)16-5-3-2-4-6-16)15-36-26(24)30-25(31)21-14-19-13-20(29)11-12-23(19)35-27(21)32/h7-16H,2-6H2,1H3,(H,30,31). The fourth-order valence-corrected chi connectivity index (χ4v) is 5.89. The molecule has 0 saturated heterocycles. The topological polar surface area (TPSA) is 85.6 Å². The van der Waals surface area contributed by atoms with Gasteiger partial charge in [-0.2, -0.15) is 0 Å². The normalized spacial score (nSPS) is 14.1. The number of anilines is 1. The van der Waals surface area contributed by atoms with Crippen molar-refractivity contribution in [3.05, 3.63) is 86.0 Å². The van der Waals surface area contributed by atoms with E-state index in [4.69, 9.17) is 20.8 Å². The minimum Gasteiger partial charge on any atom is -0.465 e. The van der Waals surface area contributed by atoms with Gasteiger partial charge in [0, 0.05) is 21.4 Å². The van der Waals surface area contributed by atoms with Gasteiger partial charge >= 0.3 is 11.6 Å². The number of ether oxygens (including phenoxy) is 1. The lowest BCUT2D eigenvalue weighted by molar-refractivity contribution is 0.0603. The number of hydrogen-bond acceptors (Lipinski definition) is 6. The molecule has 0 bridgehead atoms. The molecule has 6 nitrogen and oxygen atoms in total. The van der Waals surface area contributed by atoms with Gasteiger partial charge in [-0.25, -0.2) is 9.59 Å². The SMILES string of the molecule is COC(=O)c1c(-c2ccc(C3CCCCC3)cc2)csc1NC(=O)c1cc2cc(Cl)ccc2oc1=O. The summed E-state index contributed by atoms with van der Waals surface area (Å²) >= 11 is 7.23. The third-order valence-corrected chi connectivity index (χ3v) is 7.78. The first kappa shape index (κ1) is 24.3. The Morgan fingerprint density at radius 2 is 1.81 bits per heavy atom. The average Bonchev–Trinajstić information content (AvgIpc) is 3.32. The highest BCUT2D eigenvalue weighted by atomic mass is 35.5. The number of methoxy groups -OCH3 is 1. The van der Waals surface area contributed by atoms with Crippen molar-refractivity contribution in [1.29, 1.82) is 0 Å². The Hall–Kier alpha value is -3.42. The van der Waals surface area contributed by atoms with E-state index in [1.54, 1.807) is 23.6 Å². The third kappa shape index (κ3) is 4.81. The maximum atomic E-state index is 13.0. The van der Waals surface area contributed by atoms with Crippen LogP contribution in [-0.2, 0) is 4.74 Å². The van der Waals surface area contributed by atoms with Crippen molar-refractivity contribution in [2.45, 2.75) is 38.0 Å². The number of fused-ring (bicyclic) bond motifs is 1. The molecule has 5 rings (SSSR count). The monoisotopic (exact) mass is 521 g/mol. The minimum absolute atomic E-state index is 0.188. The average molecular weight is 522 g/mol. The van der Waals surface area contributed by atoms with E-state index in [-0.39, 0.29) is 11.1 Å². The van der Waals surface area contributed by atoms with Crippen molar-refractivity contribution in [1.82, 2.24) is 0 Å². The van der Waals surface area contributed by atoms with Gasteiger partial charge in [-0.1, -0.05) is 55.1 Å². The number of hydrogen-bond donors (Lipinski definition) is 1. The van der Waals surface area contributed by atoms with Crippen LogP contribution in [0.4, 0.5) is 5.00 Å². The molecular formula is C28H24ClNO5S. The molecule has 1 fully saturated rings. The fourth-order valence-electron chi connectivity index (χ4n) is 4.76. The molecule has 2 aromatic heterocycles. The highest BCUT2D eigenvalue weighted by molar-refractivity contribution is 7.15. The predicted octanol–water partition coefficient (Wildman–Crippen LogP) is 7.26. The summed E-state index contributed by atoms with van der Waals surface area (Å²) in [6, 6.07) is 14.5. The van der Waals surface area contributed by atoms with E-state index < -0.39 is 17.5 Å². The molecule has 1 aliphatic rings. The molecule has 0 atom stereocenters. The molecule has 2 aromatic carbocycles. The number of esters is 1. The van der Waals surface area contributed by atoms with Crippen molar-refractivity contribution in [2.24, 2.45) is 0 Å². The van der Waals surface area contributed by atoms with Gasteiger partial charge < -0.3 is 14.5 Å². The summed E-state index contributed by atoms with van der Waals surface area (Å²) < 4.78 is 10.3. The summed E-state index contributed by atoms with van der Waals surface area (Å²) in [7, 11) is 1.29. The van der Waals surface area contributed by atoms with Crippen LogP contribution in [0.5, 0.6) is 0 Å². The fraction of sp³-hybridized carbons (Fsp3) is 0.250. The van der Waals surface area contributed by atoms with Crippen LogP contribution in [0.15, 0.2) is 63.1 Å². The Morgan fingerprint density at radius 1 is 1.06 bits per heavy atom. The number of carbonyl (C=O) groups is 2. The van der Waals surface area contributed by atoms with E-state index >= 15 is 0 Å². The number of halogens is 1. The van der Waals surface area contributed by atoms with Crippen molar-refractivity contribution in [3.8, 4) is 11.1 Å². The van der Waals surface area contributed by atoms with Crippen molar-refractivity contribution < 1.29 is 18.7 Å². The second kappa shape index (κ2) is 10.3. The lowest BCUT2D eigenvalue weighted by Crippen LogP contribution is -2.21. The van der Waals surface area contributed by atoms with Crippen LogP contribution in [0.2, 0.25) is 5.02 Å². The number of nitrogens with one attached hydrogen (secondary N) is 1. The summed E-state index contributed by atoms with van der Waals surface area (Å²) in [4.78, 5) is 38.2.